The molecule has 0 amide bonds. The van der Waals surface area contributed by atoms with Crippen molar-refractivity contribution >= 4 is 17.6 Å². The van der Waals surface area contributed by atoms with E-state index in [0.29, 0.717) is 41.0 Å². The molecule has 0 unspecified atom stereocenters. The smallest absolute Gasteiger partial charge is 0.339 e. The fourth-order valence-electron chi connectivity index (χ4n) is 2.14. The van der Waals surface area contributed by atoms with Gasteiger partial charge in [-0.2, -0.15) is 0 Å². The number of benzene rings is 2. The average molecular weight is 321 g/mol. The third kappa shape index (κ3) is 2.94. The van der Waals surface area contributed by atoms with E-state index < -0.39 is 5.97 Å². The van der Waals surface area contributed by atoms with E-state index in [1.807, 2.05) is 0 Å². The Morgan fingerprint density at radius 3 is 2.59 bits per heavy atom. The minimum Gasteiger partial charge on any atom is -0.488 e. The number of hydrogen-bond acceptors (Lipinski definition) is 4. The van der Waals surface area contributed by atoms with Gasteiger partial charge in [0.05, 0.1) is 5.02 Å². The lowest BCUT2D eigenvalue weighted by atomic mass is 10.2. The summed E-state index contributed by atoms with van der Waals surface area (Å²) in [4.78, 5) is 11.1. The van der Waals surface area contributed by atoms with Gasteiger partial charge in [-0.25, -0.2) is 4.79 Å². The van der Waals surface area contributed by atoms with E-state index in [4.69, 9.17) is 30.9 Å². The molecule has 3 rings (SSSR count). The molecule has 0 saturated carbocycles. The molecular formula is C16H13ClO5. The van der Waals surface area contributed by atoms with Gasteiger partial charge in [0, 0.05) is 11.6 Å². The van der Waals surface area contributed by atoms with Crippen LogP contribution in [0.4, 0.5) is 0 Å². The van der Waals surface area contributed by atoms with Crippen LogP contribution in [0.15, 0.2) is 36.4 Å². The van der Waals surface area contributed by atoms with Crippen molar-refractivity contribution in [3.8, 4) is 17.2 Å². The lowest BCUT2D eigenvalue weighted by Gasteiger charge is -2.20. The van der Waals surface area contributed by atoms with E-state index in [2.05, 4.69) is 0 Å². The number of ether oxygens (including phenoxy) is 3. The molecule has 0 fully saturated rings. The van der Waals surface area contributed by atoms with Gasteiger partial charge in [-0.3, -0.25) is 0 Å². The molecule has 5 nitrogen and oxygen atoms in total. The molecule has 1 aliphatic rings. The first-order chi connectivity index (χ1) is 10.6. The molecule has 1 N–H and O–H groups in total. The zero-order valence-electron chi connectivity index (χ0n) is 11.5. The average Bonchev–Trinajstić information content (AvgIpc) is 2.53. The minimum atomic E-state index is -1.04. The Kier molecular flexibility index (Phi) is 4.06. The van der Waals surface area contributed by atoms with Crippen molar-refractivity contribution in [3.05, 3.63) is 52.5 Å². The Bertz CT molecular complexity index is 714. The topological polar surface area (TPSA) is 65.0 Å². The van der Waals surface area contributed by atoms with Crippen LogP contribution >= 0.6 is 11.6 Å². The molecule has 2 aromatic rings. The Labute approximate surface area is 132 Å². The third-order valence-corrected chi connectivity index (χ3v) is 3.56. The lowest BCUT2D eigenvalue weighted by Crippen LogP contribution is -2.15. The highest BCUT2D eigenvalue weighted by Gasteiger charge is 2.16. The second-order valence-electron chi connectivity index (χ2n) is 4.68. The first-order valence-corrected chi connectivity index (χ1v) is 7.06. The molecule has 22 heavy (non-hydrogen) atoms. The van der Waals surface area contributed by atoms with Crippen LogP contribution in [0.25, 0.3) is 0 Å². The quantitative estimate of drug-likeness (QED) is 0.935. The third-order valence-electron chi connectivity index (χ3n) is 3.21. The van der Waals surface area contributed by atoms with Gasteiger partial charge in [0.15, 0.2) is 11.5 Å². The van der Waals surface area contributed by atoms with E-state index in [1.165, 1.54) is 6.07 Å². The predicted octanol–water partition coefficient (Wildman–Crippen LogP) is 3.39. The second kappa shape index (κ2) is 6.15. The van der Waals surface area contributed by atoms with Gasteiger partial charge in [0.2, 0.25) is 0 Å². The highest BCUT2D eigenvalue weighted by Crippen LogP contribution is 2.35. The van der Waals surface area contributed by atoms with Crippen LogP contribution in [0.3, 0.4) is 0 Å². The van der Waals surface area contributed by atoms with E-state index in [1.54, 1.807) is 30.3 Å². The number of halogens is 1. The molecule has 0 aliphatic carbocycles. The second-order valence-corrected chi connectivity index (χ2v) is 5.08. The minimum absolute atomic E-state index is 0.108. The molecule has 6 heteroatoms. The Balaban J connectivity index is 1.81. The van der Waals surface area contributed by atoms with E-state index in [0.717, 1.165) is 0 Å². The van der Waals surface area contributed by atoms with Gasteiger partial charge < -0.3 is 19.3 Å². The fraction of sp³-hybridized carbons (Fsp3) is 0.188. The lowest BCUT2D eigenvalue weighted by molar-refractivity contribution is 0.0691. The van der Waals surface area contributed by atoms with Crippen molar-refractivity contribution in [2.75, 3.05) is 13.2 Å². The summed E-state index contributed by atoms with van der Waals surface area (Å²) in [5.41, 5.74) is 0.808. The van der Waals surface area contributed by atoms with Gasteiger partial charge in [0.25, 0.3) is 0 Å². The van der Waals surface area contributed by atoms with Gasteiger partial charge in [0.1, 0.15) is 31.1 Å². The van der Waals surface area contributed by atoms with E-state index in [9.17, 15) is 4.79 Å². The maximum absolute atomic E-state index is 11.1. The number of hydrogen-bond donors (Lipinski definition) is 1. The molecule has 0 spiro atoms. The van der Waals surface area contributed by atoms with Crippen molar-refractivity contribution < 1.29 is 24.1 Å². The number of rotatable bonds is 4. The van der Waals surface area contributed by atoms with Gasteiger partial charge >= 0.3 is 5.97 Å². The zero-order chi connectivity index (χ0) is 15.5. The predicted molar refractivity (Wildman–Crippen MR) is 80.2 cm³/mol. The Morgan fingerprint density at radius 2 is 1.86 bits per heavy atom. The Hall–Kier alpha value is -2.40. The maximum atomic E-state index is 11.1. The fourth-order valence-corrected chi connectivity index (χ4v) is 2.35. The van der Waals surface area contributed by atoms with Gasteiger partial charge in [-0.15, -0.1) is 0 Å². The molecule has 114 valence electrons. The molecule has 0 aromatic heterocycles. The molecule has 0 saturated heterocycles. The molecule has 2 aromatic carbocycles. The number of fused-ring (bicyclic) bond motifs is 1. The highest BCUT2D eigenvalue weighted by molar-refractivity contribution is 6.31. The highest BCUT2D eigenvalue weighted by atomic mass is 35.5. The molecule has 1 heterocycles. The van der Waals surface area contributed by atoms with Crippen LogP contribution in [0, 0.1) is 0 Å². The number of carboxylic acids is 1. The summed E-state index contributed by atoms with van der Waals surface area (Å²) in [5, 5.41) is 9.62. The summed E-state index contributed by atoms with van der Waals surface area (Å²) in [6.07, 6.45) is 0. The van der Waals surface area contributed by atoms with Gasteiger partial charge in [-0.05, 0) is 18.2 Å². The summed E-state index contributed by atoms with van der Waals surface area (Å²) in [5.74, 6) is 0.469. The number of aromatic carboxylic acids is 1. The van der Waals surface area contributed by atoms with Crippen LogP contribution in [0.1, 0.15) is 15.9 Å². The zero-order valence-corrected chi connectivity index (χ0v) is 12.3. The molecule has 0 bridgehead atoms. The summed E-state index contributed by atoms with van der Waals surface area (Å²) < 4.78 is 16.5. The summed E-state index contributed by atoms with van der Waals surface area (Å²) in [6.45, 7) is 1.11. The maximum Gasteiger partial charge on any atom is 0.339 e. The van der Waals surface area contributed by atoms with Crippen LogP contribution in [0.2, 0.25) is 5.02 Å². The summed E-state index contributed by atoms with van der Waals surface area (Å²) >= 11 is 6.20. The van der Waals surface area contributed by atoms with Crippen LogP contribution in [-0.2, 0) is 6.61 Å². The van der Waals surface area contributed by atoms with Gasteiger partial charge in [-0.1, -0.05) is 23.7 Å². The van der Waals surface area contributed by atoms with Crippen LogP contribution < -0.4 is 14.2 Å². The first-order valence-electron chi connectivity index (χ1n) is 6.68. The van der Waals surface area contributed by atoms with E-state index in [-0.39, 0.29) is 12.2 Å². The van der Waals surface area contributed by atoms with Crippen molar-refractivity contribution in [3.63, 3.8) is 0 Å². The van der Waals surface area contributed by atoms with Crippen molar-refractivity contribution in [2.45, 2.75) is 6.61 Å². The molecular weight excluding hydrogens is 308 g/mol. The van der Waals surface area contributed by atoms with E-state index >= 15 is 0 Å². The Morgan fingerprint density at radius 1 is 1.18 bits per heavy atom. The largest absolute Gasteiger partial charge is 0.488 e. The summed E-state index contributed by atoms with van der Waals surface area (Å²) in [6, 6.07) is 9.89. The standard InChI is InChI=1S/C16H13ClO5/c17-12-8-15-14(20-5-6-21-15)7-10(12)9-22-13-4-2-1-3-11(13)16(18)19/h1-4,7-8H,5-6,9H2,(H,18,19). The van der Waals surface area contributed by atoms with Crippen molar-refractivity contribution in [1.29, 1.82) is 0 Å². The molecule has 1 aliphatic heterocycles. The number of carbonyl (C=O) groups is 1. The van der Waals surface area contributed by atoms with Crippen molar-refractivity contribution in [2.24, 2.45) is 0 Å². The number of para-hydroxylation sites is 1. The van der Waals surface area contributed by atoms with Crippen LogP contribution in [-0.4, -0.2) is 24.3 Å². The molecule has 0 atom stereocenters. The summed E-state index contributed by atoms with van der Waals surface area (Å²) in [7, 11) is 0. The monoisotopic (exact) mass is 320 g/mol. The molecule has 0 radical (unpaired) electrons. The SMILES string of the molecule is O=C(O)c1ccccc1OCc1cc2c(cc1Cl)OCCO2. The van der Waals surface area contributed by atoms with Crippen molar-refractivity contribution in [1.82, 2.24) is 0 Å². The first kappa shape index (κ1) is 14.5. The normalized spacial score (nSPS) is 12.8. The van der Waals surface area contributed by atoms with Crippen LogP contribution in [0.5, 0.6) is 17.2 Å². The number of carboxylic acid groups (broad SMARTS) is 1.